The van der Waals surface area contributed by atoms with Crippen molar-refractivity contribution in [3.05, 3.63) is 21.5 Å². The number of carbonyl (C=O) groups is 2. The van der Waals surface area contributed by atoms with Gasteiger partial charge in [0.1, 0.15) is 16.3 Å². The zero-order valence-corrected chi connectivity index (χ0v) is 23.0. The molecule has 0 atom stereocenters. The molecule has 3 rings (SSSR count). The molecule has 0 unspecified atom stereocenters. The third-order valence-electron chi connectivity index (χ3n) is 5.47. The monoisotopic (exact) mass is 508 g/mol. The van der Waals surface area contributed by atoms with Crippen molar-refractivity contribution < 1.29 is 19.1 Å². The van der Waals surface area contributed by atoms with Crippen LogP contribution in [0.25, 0.3) is 10.7 Å². The van der Waals surface area contributed by atoms with E-state index in [-0.39, 0.29) is 28.9 Å². The van der Waals surface area contributed by atoms with Gasteiger partial charge in [0, 0.05) is 40.8 Å². The van der Waals surface area contributed by atoms with Crippen molar-refractivity contribution in [2.75, 3.05) is 13.7 Å². The number of carbonyl (C=O) groups excluding carboxylic acids is 2. The molecule has 1 aliphatic heterocycles. The van der Waals surface area contributed by atoms with E-state index in [2.05, 4.69) is 38.0 Å². The van der Waals surface area contributed by atoms with Crippen LogP contribution in [0.2, 0.25) is 0 Å². The first-order valence-corrected chi connectivity index (χ1v) is 13.2. The molecular weight excluding hydrogens is 472 g/mol. The van der Waals surface area contributed by atoms with Crippen molar-refractivity contribution in [3.63, 3.8) is 0 Å². The molecule has 34 heavy (non-hydrogen) atoms. The van der Waals surface area contributed by atoms with Crippen molar-refractivity contribution in [3.8, 4) is 10.7 Å². The normalized spacial score (nSPS) is 17.9. The molecule has 1 amide bonds. The standard InChI is InChI=1S/C24H36N4O4S2/c1-22(2,3)32-21(30)28(15-11-23(4,5)27-24(6,7)12-15)10-9-18-25-16(13-33-18)19-26-17(14-34-19)20(29)31-8/h13-15,27H,9-12H2,1-8H3. The van der Waals surface area contributed by atoms with Crippen LogP contribution in [0, 0.1) is 0 Å². The van der Waals surface area contributed by atoms with E-state index in [1.807, 2.05) is 31.1 Å². The number of amides is 1. The summed E-state index contributed by atoms with van der Waals surface area (Å²) in [6, 6.07) is 0.0575. The zero-order valence-electron chi connectivity index (χ0n) is 21.4. The molecule has 0 saturated carbocycles. The van der Waals surface area contributed by atoms with Gasteiger partial charge in [0.05, 0.1) is 12.1 Å². The van der Waals surface area contributed by atoms with Crippen LogP contribution >= 0.6 is 22.7 Å². The Labute approximate surface area is 210 Å². The molecule has 188 valence electrons. The van der Waals surface area contributed by atoms with Crippen LogP contribution < -0.4 is 5.32 Å². The van der Waals surface area contributed by atoms with Crippen LogP contribution in [0.15, 0.2) is 10.8 Å². The summed E-state index contributed by atoms with van der Waals surface area (Å²) >= 11 is 2.89. The molecule has 1 aliphatic rings. The summed E-state index contributed by atoms with van der Waals surface area (Å²) in [7, 11) is 1.34. The molecule has 2 aromatic heterocycles. The van der Waals surface area contributed by atoms with E-state index < -0.39 is 11.6 Å². The van der Waals surface area contributed by atoms with Gasteiger partial charge in [0.25, 0.3) is 0 Å². The van der Waals surface area contributed by atoms with Gasteiger partial charge >= 0.3 is 12.1 Å². The highest BCUT2D eigenvalue weighted by Gasteiger charge is 2.42. The smallest absolute Gasteiger partial charge is 0.410 e. The molecule has 0 aromatic carbocycles. The lowest BCUT2D eigenvalue weighted by molar-refractivity contribution is 0.000525. The maximum absolute atomic E-state index is 13.2. The highest BCUT2D eigenvalue weighted by atomic mass is 32.1. The number of hydrogen-bond donors (Lipinski definition) is 1. The number of piperidine rings is 1. The fourth-order valence-electron chi connectivity index (χ4n) is 4.56. The van der Waals surface area contributed by atoms with E-state index in [0.717, 1.165) is 23.5 Å². The number of aromatic nitrogens is 2. The molecule has 2 aromatic rings. The van der Waals surface area contributed by atoms with E-state index in [0.29, 0.717) is 18.0 Å². The fraction of sp³-hybridized carbons (Fsp3) is 0.667. The number of nitrogens with zero attached hydrogens (tertiary/aromatic N) is 3. The van der Waals surface area contributed by atoms with Crippen LogP contribution in [-0.2, 0) is 15.9 Å². The zero-order chi connectivity index (χ0) is 25.3. The Bertz CT molecular complexity index is 1010. The quantitative estimate of drug-likeness (QED) is 0.540. The number of esters is 1. The van der Waals surface area contributed by atoms with Gasteiger partial charge in [-0.15, -0.1) is 22.7 Å². The Morgan fingerprint density at radius 3 is 2.35 bits per heavy atom. The predicted octanol–water partition coefficient (Wildman–Crippen LogP) is 5.14. The van der Waals surface area contributed by atoms with E-state index in [9.17, 15) is 9.59 Å². The van der Waals surface area contributed by atoms with Crippen molar-refractivity contribution in [2.24, 2.45) is 0 Å². The Morgan fingerprint density at radius 2 is 1.76 bits per heavy atom. The molecule has 1 fully saturated rings. The maximum atomic E-state index is 13.2. The average molecular weight is 509 g/mol. The van der Waals surface area contributed by atoms with E-state index >= 15 is 0 Å². The second-order valence-corrected chi connectivity index (χ2v) is 12.8. The summed E-state index contributed by atoms with van der Waals surface area (Å²) in [6.45, 7) is 14.9. The topological polar surface area (TPSA) is 93.7 Å². The van der Waals surface area contributed by atoms with Crippen LogP contribution in [0.3, 0.4) is 0 Å². The number of hydrogen-bond acceptors (Lipinski definition) is 9. The summed E-state index contributed by atoms with van der Waals surface area (Å²) in [4.78, 5) is 35.9. The first-order chi connectivity index (χ1) is 15.7. The highest BCUT2D eigenvalue weighted by Crippen LogP contribution is 2.33. The molecular formula is C24H36N4O4S2. The Morgan fingerprint density at radius 1 is 1.12 bits per heavy atom. The third-order valence-corrected chi connectivity index (χ3v) is 7.25. The molecule has 0 bridgehead atoms. The summed E-state index contributed by atoms with van der Waals surface area (Å²) in [5.41, 5.74) is 0.258. The summed E-state index contributed by atoms with van der Waals surface area (Å²) in [5, 5.41) is 8.87. The molecule has 3 heterocycles. The van der Waals surface area contributed by atoms with E-state index in [4.69, 9.17) is 14.5 Å². The van der Waals surface area contributed by atoms with Crippen LogP contribution in [0.4, 0.5) is 4.79 Å². The number of rotatable bonds is 6. The second-order valence-electron chi connectivity index (χ2n) is 11.0. The number of nitrogens with one attached hydrogen (secondary N) is 1. The largest absolute Gasteiger partial charge is 0.464 e. The van der Waals surface area contributed by atoms with Gasteiger partial charge < -0.3 is 19.7 Å². The second kappa shape index (κ2) is 9.91. The third kappa shape index (κ3) is 6.99. The van der Waals surface area contributed by atoms with Crippen LogP contribution in [0.5, 0.6) is 0 Å². The molecule has 0 aliphatic carbocycles. The fourth-order valence-corrected chi connectivity index (χ4v) is 6.16. The van der Waals surface area contributed by atoms with Gasteiger partial charge in [-0.3, -0.25) is 0 Å². The van der Waals surface area contributed by atoms with Gasteiger partial charge in [-0.25, -0.2) is 19.6 Å². The minimum Gasteiger partial charge on any atom is -0.464 e. The Hall–Kier alpha value is -2.04. The molecule has 0 spiro atoms. The van der Waals surface area contributed by atoms with Gasteiger partial charge in [-0.1, -0.05) is 0 Å². The van der Waals surface area contributed by atoms with E-state index in [1.54, 1.807) is 5.38 Å². The van der Waals surface area contributed by atoms with Gasteiger partial charge in [-0.2, -0.15) is 0 Å². The number of methoxy groups -OCH3 is 1. The average Bonchev–Trinajstić information content (AvgIpc) is 3.33. The first kappa shape index (κ1) is 26.6. The van der Waals surface area contributed by atoms with Crippen LogP contribution in [0.1, 0.15) is 76.8 Å². The maximum Gasteiger partial charge on any atom is 0.410 e. The molecule has 1 N–H and O–H groups in total. The van der Waals surface area contributed by atoms with E-state index in [1.165, 1.54) is 29.8 Å². The lowest BCUT2D eigenvalue weighted by Gasteiger charge is -2.49. The van der Waals surface area contributed by atoms with Gasteiger partial charge in [0.15, 0.2) is 5.69 Å². The van der Waals surface area contributed by atoms with Crippen molar-refractivity contribution in [1.82, 2.24) is 20.2 Å². The molecule has 1 saturated heterocycles. The Balaban J connectivity index is 1.76. The minimum atomic E-state index is -0.566. The van der Waals surface area contributed by atoms with Gasteiger partial charge in [-0.05, 0) is 61.3 Å². The lowest BCUT2D eigenvalue weighted by Crippen LogP contribution is -2.63. The first-order valence-electron chi connectivity index (χ1n) is 11.5. The van der Waals surface area contributed by atoms with Crippen molar-refractivity contribution >= 4 is 34.7 Å². The van der Waals surface area contributed by atoms with Crippen LogP contribution in [-0.4, -0.2) is 63.3 Å². The summed E-state index contributed by atoms with van der Waals surface area (Å²) in [5.74, 6) is -0.459. The SMILES string of the molecule is COC(=O)c1csc(-c2csc(CCN(C(=O)OC(C)(C)C)C3CC(C)(C)NC(C)(C)C3)n2)n1. The Kier molecular flexibility index (Phi) is 7.74. The predicted molar refractivity (Wildman–Crippen MR) is 136 cm³/mol. The summed E-state index contributed by atoms with van der Waals surface area (Å²) < 4.78 is 10.5. The molecule has 8 nitrogen and oxygen atoms in total. The molecule has 10 heteroatoms. The van der Waals surface area contributed by atoms with Crippen molar-refractivity contribution in [1.29, 1.82) is 0 Å². The minimum absolute atomic E-state index is 0.0575. The van der Waals surface area contributed by atoms with Gasteiger partial charge in [0.2, 0.25) is 0 Å². The lowest BCUT2D eigenvalue weighted by atomic mass is 9.79. The summed E-state index contributed by atoms with van der Waals surface area (Å²) in [6.07, 6.45) is 2.01. The number of ether oxygens (including phenoxy) is 2. The van der Waals surface area contributed by atoms with Crippen molar-refractivity contribution in [2.45, 2.75) is 90.4 Å². The highest BCUT2D eigenvalue weighted by molar-refractivity contribution is 7.14. The number of thiazole rings is 2. The molecule has 0 radical (unpaired) electrons.